The first-order valence-corrected chi connectivity index (χ1v) is 10.6. The van der Waals surface area contributed by atoms with Gasteiger partial charge in [-0.3, -0.25) is 0 Å². The molecule has 0 spiro atoms. The van der Waals surface area contributed by atoms with Crippen LogP contribution < -0.4 is 0 Å². The maximum absolute atomic E-state index is 2.43. The van der Waals surface area contributed by atoms with Gasteiger partial charge in [0, 0.05) is 0 Å². The van der Waals surface area contributed by atoms with E-state index in [2.05, 4.69) is 97.1 Å². The van der Waals surface area contributed by atoms with Gasteiger partial charge >= 0.3 is 0 Å². The minimum atomic E-state index is 1.32. The van der Waals surface area contributed by atoms with Crippen LogP contribution in [0.2, 0.25) is 0 Å². The Bertz CT molecular complexity index is 1940. The second kappa shape index (κ2) is 4.98. The molecule has 0 nitrogen and oxygen atoms in total. The summed E-state index contributed by atoms with van der Waals surface area (Å²) in [5.41, 5.74) is 0. The van der Waals surface area contributed by atoms with Crippen molar-refractivity contribution < 1.29 is 0 Å². The quantitative estimate of drug-likeness (QED) is 0.232. The van der Waals surface area contributed by atoms with E-state index in [1.807, 2.05) is 0 Å². The molecule has 0 saturated heterocycles. The normalized spacial score (nSPS) is 12.7. The minimum absolute atomic E-state index is 1.32. The lowest BCUT2D eigenvalue weighted by Gasteiger charge is -2.10. The first-order chi connectivity index (χ1) is 14.9. The Hall–Kier alpha value is -3.90. The fourth-order valence-corrected chi connectivity index (χ4v) is 6.02. The lowest BCUT2D eigenvalue weighted by molar-refractivity contribution is 1.83. The Balaban J connectivity index is 1.90. The lowest BCUT2D eigenvalue weighted by atomic mass is 9.93. The predicted octanol–water partition coefficient (Wildman–Crippen LogP) is 8.63. The third-order valence-corrected chi connectivity index (χ3v) is 7.10. The number of hydrogen-bond acceptors (Lipinski definition) is 0. The molecule has 0 saturated carbocycles. The van der Waals surface area contributed by atoms with E-state index in [0.717, 1.165) is 0 Å². The number of rotatable bonds is 0. The predicted molar refractivity (Wildman–Crippen MR) is 131 cm³/mol. The Labute approximate surface area is 172 Å². The largest absolute Gasteiger partial charge is 0.0616 e. The highest BCUT2D eigenvalue weighted by atomic mass is 14.2. The van der Waals surface area contributed by atoms with Crippen LogP contribution in [0.15, 0.2) is 97.1 Å². The van der Waals surface area contributed by atoms with Crippen molar-refractivity contribution in [2.24, 2.45) is 0 Å². The molecule has 0 heteroatoms. The fraction of sp³-hybridized carbons (Fsp3) is 0. The summed E-state index contributed by atoms with van der Waals surface area (Å²) >= 11 is 0. The number of benzene rings is 6. The molecule has 0 amide bonds. The Morgan fingerprint density at radius 1 is 0.267 bits per heavy atom. The van der Waals surface area contributed by atoms with Crippen LogP contribution in [0.1, 0.15) is 0 Å². The first kappa shape index (κ1) is 15.0. The molecule has 136 valence electrons. The standard InChI is InChI=1S/C30H16/c1-2-9-18-17(8-1)16-25-29-20-11-4-3-10-19(20)21-14-7-15-24(27(21)29)28-23-13-6-5-12-22(23)26(18)30(25)28/h1-16H. The number of fused-ring (bicyclic) bond motifs is 10. The minimum Gasteiger partial charge on any atom is -0.0616 e. The van der Waals surface area contributed by atoms with Crippen molar-refractivity contribution in [3.8, 4) is 0 Å². The third-order valence-electron chi connectivity index (χ3n) is 7.10. The molecule has 0 aromatic heterocycles. The van der Waals surface area contributed by atoms with Crippen molar-refractivity contribution in [3.05, 3.63) is 97.1 Å². The van der Waals surface area contributed by atoms with Crippen LogP contribution in [-0.4, -0.2) is 0 Å². The van der Waals surface area contributed by atoms with E-state index in [4.69, 9.17) is 0 Å². The van der Waals surface area contributed by atoms with Crippen LogP contribution in [0.3, 0.4) is 0 Å². The highest BCUT2D eigenvalue weighted by Gasteiger charge is 2.22. The monoisotopic (exact) mass is 376 g/mol. The molecule has 8 rings (SSSR count). The van der Waals surface area contributed by atoms with E-state index in [0.29, 0.717) is 0 Å². The summed E-state index contributed by atoms with van der Waals surface area (Å²) in [6.07, 6.45) is 0. The van der Waals surface area contributed by atoms with Gasteiger partial charge in [0.05, 0.1) is 0 Å². The lowest BCUT2D eigenvalue weighted by Crippen LogP contribution is -1.81. The highest BCUT2D eigenvalue weighted by Crippen LogP contribution is 2.51. The molecule has 0 bridgehead atoms. The molecular formula is C30H16. The van der Waals surface area contributed by atoms with Gasteiger partial charge in [-0.05, 0) is 81.5 Å². The molecule has 8 aromatic rings. The zero-order chi connectivity index (χ0) is 19.4. The molecule has 0 aliphatic rings. The van der Waals surface area contributed by atoms with Gasteiger partial charge in [0.1, 0.15) is 0 Å². The summed E-state index contributed by atoms with van der Waals surface area (Å²) in [6, 6.07) is 36.0. The zero-order valence-corrected chi connectivity index (χ0v) is 16.2. The fourth-order valence-electron chi connectivity index (χ4n) is 6.02. The maximum atomic E-state index is 2.43. The molecule has 0 fully saturated rings. The van der Waals surface area contributed by atoms with Crippen LogP contribution in [0.4, 0.5) is 0 Å². The van der Waals surface area contributed by atoms with Gasteiger partial charge in [-0.15, -0.1) is 0 Å². The van der Waals surface area contributed by atoms with Crippen LogP contribution in [0.5, 0.6) is 0 Å². The van der Waals surface area contributed by atoms with E-state index in [1.165, 1.54) is 75.4 Å². The Morgan fingerprint density at radius 2 is 0.700 bits per heavy atom. The summed E-state index contributed by atoms with van der Waals surface area (Å²) in [6.45, 7) is 0. The van der Waals surface area contributed by atoms with Gasteiger partial charge in [-0.25, -0.2) is 0 Å². The summed E-state index contributed by atoms with van der Waals surface area (Å²) in [5.74, 6) is 0. The van der Waals surface area contributed by atoms with Crippen LogP contribution in [0.25, 0.3) is 75.4 Å². The molecule has 0 N–H and O–H groups in total. The van der Waals surface area contributed by atoms with Crippen LogP contribution in [0, 0.1) is 0 Å². The molecule has 0 heterocycles. The third kappa shape index (κ3) is 1.55. The molecule has 0 aliphatic carbocycles. The Kier molecular flexibility index (Phi) is 2.49. The number of hydrogen-bond donors (Lipinski definition) is 0. The van der Waals surface area contributed by atoms with Crippen molar-refractivity contribution in [3.63, 3.8) is 0 Å². The van der Waals surface area contributed by atoms with Gasteiger partial charge in [0.2, 0.25) is 0 Å². The second-order valence-corrected chi connectivity index (χ2v) is 8.46. The summed E-state index contributed by atoms with van der Waals surface area (Å²) in [5, 5.41) is 19.3. The molecule has 30 heavy (non-hydrogen) atoms. The van der Waals surface area contributed by atoms with Crippen LogP contribution >= 0.6 is 0 Å². The topological polar surface area (TPSA) is 0 Å². The van der Waals surface area contributed by atoms with Gasteiger partial charge < -0.3 is 0 Å². The van der Waals surface area contributed by atoms with E-state index in [1.54, 1.807) is 0 Å². The van der Waals surface area contributed by atoms with Gasteiger partial charge in [0.15, 0.2) is 0 Å². The maximum Gasteiger partial charge on any atom is -0.000719 e. The molecule has 0 unspecified atom stereocenters. The van der Waals surface area contributed by atoms with Crippen molar-refractivity contribution in [1.29, 1.82) is 0 Å². The molecule has 0 aliphatic heterocycles. The summed E-state index contributed by atoms with van der Waals surface area (Å²) in [4.78, 5) is 0. The highest BCUT2D eigenvalue weighted by molar-refractivity contribution is 6.49. The van der Waals surface area contributed by atoms with Crippen molar-refractivity contribution in [2.45, 2.75) is 0 Å². The zero-order valence-electron chi connectivity index (χ0n) is 16.2. The second-order valence-electron chi connectivity index (χ2n) is 8.46. The van der Waals surface area contributed by atoms with E-state index < -0.39 is 0 Å². The molecule has 8 aromatic carbocycles. The smallest absolute Gasteiger partial charge is 0.000719 e. The van der Waals surface area contributed by atoms with Gasteiger partial charge in [0.25, 0.3) is 0 Å². The molecular weight excluding hydrogens is 360 g/mol. The van der Waals surface area contributed by atoms with E-state index in [-0.39, 0.29) is 0 Å². The van der Waals surface area contributed by atoms with Crippen molar-refractivity contribution in [2.75, 3.05) is 0 Å². The SMILES string of the molecule is c1ccc2c(c1)cc1c3c4ccccc4c4cccc(c43)c3c4ccccc4c2c13. The molecule has 0 atom stereocenters. The van der Waals surface area contributed by atoms with Gasteiger partial charge in [-0.1, -0.05) is 91.0 Å². The average Bonchev–Trinajstić information content (AvgIpc) is 3.33. The van der Waals surface area contributed by atoms with Crippen LogP contribution in [-0.2, 0) is 0 Å². The van der Waals surface area contributed by atoms with E-state index >= 15 is 0 Å². The first-order valence-electron chi connectivity index (χ1n) is 10.6. The van der Waals surface area contributed by atoms with Crippen molar-refractivity contribution in [1.82, 2.24) is 0 Å². The Morgan fingerprint density at radius 3 is 1.43 bits per heavy atom. The summed E-state index contributed by atoms with van der Waals surface area (Å²) < 4.78 is 0. The average molecular weight is 376 g/mol. The van der Waals surface area contributed by atoms with Gasteiger partial charge in [-0.2, -0.15) is 0 Å². The van der Waals surface area contributed by atoms with Crippen molar-refractivity contribution >= 4 is 75.4 Å². The molecule has 0 radical (unpaired) electrons. The van der Waals surface area contributed by atoms with E-state index in [9.17, 15) is 0 Å². The summed E-state index contributed by atoms with van der Waals surface area (Å²) in [7, 11) is 0.